The van der Waals surface area contributed by atoms with Gasteiger partial charge in [-0.25, -0.2) is 19.0 Å². The zero-order chi connectivity index (χ0) is 38.1. The monoisotopic (exact) mass is 796 g/mol. The van der Waals surface area contributed by atoms with E-state index in [9.17, 15) is 5.11 Å². The van der Waals surface area contributed by atoms with Crippen LogP contribution >= 0.6 is 15.9 Å². The van der Waals surface area contributed by atoms with Crippen LogP contribution in [0.1, 0.15) is 68.1 Å². The van der Waals surface area contributed by atoms with E-state index in [1.807, 2.05) is 64.3 Å². The Morgan fingerprint density at radius 1 is 0.600 bits per heavy atom. The second-order valence-corrected chi connectivity index (χ2v) is 16.7. The van der Waals surface area contributed by atoms with Crippen LogP contribution in [0.25, 0.3) is 44.7 Å². The molecule has 0 saturated carbocycles. The van der Waals surface area contributed by atoms with Crippen molar-refractivity contribution in [2.24, 2.45) is 0 Å². The molecule has 3 aromatic carbocycles. The first-order valence-electron chi connectivity index (χ1n) is 19.3. The fraction of sp³-hybridized carbons (Fsp3) is 0.333. The molecule has 0 atom stereocenters. The van der Waals surface area contributed by atoms with Crippen molar-refractivity contribution in [3.05, 3.63) is 131 Å². The number of aromatic nitrogens is 6. The van der Waals surface area contributed by atoms with Crippen LogP contribution < -0.4 is 0 Å². The molecule has 55 heavy (non-hydrogen) atoms. The van der Waals surface area contributed by atoms with Crippen molar-refractivity contribution in [1.29, 1.82) is 0 Å². The summed E-state index contributed by atoms with van der Waals surface area (Å²) in [5.74, 6) is 1.36. The fourth-order valence-corrected chi connectivity index (χ4v) is 8.24. The van der Waals surface area contributed by atoms with E-state index in [1.165, 1.54) is 68.6 Å². The highest BCUT2D eigenvalue weighted by atomic mass is 79.9. The van der Waals surface area contributed by atoms with E-state index in [4.69, 9.17) is 4.98 Å². The molecule has 10 heteroatoms. The average molecular weight is 798 g/mol. The third-order valence-corrected chi connectivity index (χ3v) is 12.0. The molecule has 7 aromatic rings. The largest absolute Gasteiger partial charge is 0.386 e. The summed E-state index contributed by atoms with van der Waals surface area (Å²) in [7, 11) is 4.41. The number of aliphatic hydroxyl groups is 1. The molecule has 1 N–H and O–H groups in total. The minimum atomic E-state index is -0.890. The minimum Gasteiger partial charge on any atom is -0.386 e. The Morgan fingerprint density at radius 2 is 1.09 bits per heavy atom. The Balaban J connectivity index is 0.000000164. The Labute approximate surface area is 331 Å². The molecule has 2 fully saturated rings. The van der Waals surface area contributed by atoms with Gasteiger partial charge in [-0.3, -0.25) is 0 Å². The lowest BCUT2D eigenvalue weighted by Crippen LogP contribution is -2.29. The summed E-state index contributed by atoms with van der Waals surface area (Å²) < 4.78 is 4.57. The van der Waals surface area contributed by atoms with Crippen LogP contribution in [-0.2, 0) is 5.60 Å². The van der Waals surface area contributed by atoms with E-state index in [0.717, 1.165) is 49.1 Å². The van der Waals surface area contributed by atoms with Crippen LogP contribution in [0.5, 0.6) is 0 Å². The molecule has 0 aliphatic carbocycles. The van der Waals surface area contributed by atoms with Crippen LogP contribution in [0.15, 0.2) is 114 Å². The fourth-order valence-electron chi connectivity index (χ4n) is 7.87. The first-order chi connectivity index (χ1) is 26.6. The summed E-state index contributed by atoms with van der Waals surface area (Å²) in [6, 6.07) is 25.8. The lowest BCUT2D eigenvalue weighted by molar-refractivity contribution is 0.0786. The van der Waals surface area contributed by atoms with E-state index in [-0.39, 0.29) is 0 Å². The second-order valence-electron chi connectivity index (χ2n) is 15.8. The maximum Gasteiger partial charge on any atom is 0.169 e. The quantitative estimate of drug-likeness (QED) is 0.180. The van der Waals surface area contributed by atoms with Crippen LogP contribution in [-0.4, -0.2) is 84.4 Å². The van der Waals surface area contributed by atoms with Gasteiger partial charge in [0.25, 0.3) is 0 Å². The van der Waals surface area contributed by atoms with Gasteiger partial charge in [0.15, 0.2) is 11.3 Å². The number of halogens is 1. The third-order valence-electron chi connectivity index (χ3n) is 11.4. The SMILES string of the molecule is CN1CCC(c2ccc(-c3cnc4c(-c5cccc(C(C)(C)O)c5)cnn4c3)cc2)CC1.CN1CCC(c2ccc(-c3cnc4c(Br)cnn4c3)cc2)CC1. The van der Waals surface area contributed by atoms with Gasteiger partial charge in [0.2, 0.25) is 0 Å². The summed E-state index contributed by atoms with van der Waals surface area (Å²) in [6.45, 7) is 8.33. The molecule has 2 aliphatic rings. The van der Waals surface area contributed by atoms with Crippen LogP contribution in [0.3, 0.4) is 0 Å². The summed E-state index contributed by atoms with van der Waals surface area (Å²) in [4.78, 5) is 14.0. The molecule has 282 valence electrons. The number of piperidine rings is 2. The Kier molecular flexibility index (Phi) is 10.7. The van der Waals surface area contributed by atoms with Crippen molar-refractivity contribution in [2.45, 2.75) is 57.0 Å². The number of benzene rings is 3. The topological polar surface area (TPSA) is 87.1 Å². The normalized spacial score (nSPS) is 16.4. The van der Waals surface area contributed by atoms with Gasteiger partial charge in [-0.1, -0.05) is 66.7 Å². The number of hydrogen-bond donors (Lipinski definition) is 1. The van der Waals surface area contributed by atoms with Crippen molar-refractivity contribution in [3.8, 4) is 33.4 Å². The first-order valence-corrected chi connectivity index (χ1v) is 20.1. The van der Waals surface area contributed by atoms with Gasteiger partial charge in [-0.2, -0.15) is 10.2 Å². The predicted molar refractivity (Wildman–Crippen MR) is 224 cm³/mol. The zero-order valence-electron chi connectivity index (χ0n) is 32.1. The molecule has 2 aliphatic heterocycles. The van der Waals surface area contributed by atoms with E-state index in [2.05, 4.69) is 104 Å². The zero-order valence-corrected chi connectivity index (χ0v) is 33.7. The molecule has 0 amide bonds. The molecule has 4 aromatic heterocycles. The lowest BCUT2D eigenvalue weighted by atomic mass is 9.89. The van der Waals surface area contributed by atoms with Gasteiger partial charge >= 0.3 is 0 Å². The second kappa shape index (κ2) is 15.8. The number of likely N-dealkylation sites (tertiary alicyclic amines) is 2. The van der Waals surface area contributed by atoms with Crippen LogP contribution in [0.2, 0.25) is 0 Å². The highest BCUT2D eigenvalue weighted by molar-refractivity contribution is 9.10. The van der Waals surface area contributed by atoms with Crippen molar-refractivity contribution in [1.82, 2.24) is 39.0 Å². The van der Waals surface area contributed by atoms with E-state index in [0.29, 0.717) is 11.8 Å². The molecule has 0 unspecified atom stereocenters. The standard InChI is InChI=1S/C27H30N4O.C18H19BrN4/c1-27(2,32)24-6-4-5-22(15-24)25-17-29-31-18-23(16-28-26(25)31)20-9-7-19(8-10-20)21-11-13-30(3)14-12-21;1-22-8-6-15(7-9-22)13-2-4-14(5-3-13)16-10-20-18-17(19)11-21-23(18)12-16/h4-10,15-18,21,32H,11-14H2,1-3H3;2-5,10-12,15H,6-9H2,1H3. The van der Waals surface area contributed by atoms with Gasteiger partial charge in [-0.05, 0) is 147 Å². The summed E-state index contributed by atoms with van der Waals surface area (Å²) in [5, 5.41) is 19.2. The van der Waals surface area contributed by atoms with E-state index < -0.39 is 5.60 Å². The van der Waals surface area contributed by atoms with E-state index >= 15 is 0 Å². The average Bonchev–Trinajstić information content (AvgIpc) is 3.81. The van der Waals surface area contributed by atoms with Crippen molar-refractivity contribution in [3.63, 3.8) is 0 Å². The smallest absolute Gasteiger partial charge is 0.169 e. The van der Waals surface area contributed by atoms with E-state index in [1.54, 1.807) is 20.0 Å². The van der Waals surface area contributed by atoms with Gasteiger partial charge in [0.1, 0.15) is 0 Å². The Morgan fingerprint density at radius 3 is 1.62 bits per heavy atom. The number of fused-ring (bicyclic) bond motifs is 2. The molecule has 0 bridgehead atoms. The van der Waals surface area contributed by atoms with Crippen LogP contribution in [0.4, 0.5) is 0 Å². The molecule has 9 rings (SSSR count). The van der Waals surface area contributed by atoms with Gasteiger partial charge in [-0.15, -0.1) is 0 Å². The molecule has 6 heterocycles. The maximum atomic E-state index is 10.4. The molecule has 0 spiro atoms. The Bertz CT molecular complexity index is 2380. The molecule has 0 radical (unpaired) electrons. The minimum absolute atomic E-state index is 0.661. The van der Waals surface area contributed by atoms with Gasteiger partial charge in [0.05, 0.1) is 22.5 Å². The summed E-state index contributed by atoms with van der Waals surface area (Å²) in [5.41, 5.74) is 11.0. The molecule has 9 nitrogen and oxygen atoms in total. The van der Waals surface area contributed by atoms with Crippen molar-refractivity contribution in [2.75, 3.05) is 40.3 Å². The number of nitrogens with zero attached hydrogens (tertiary/aromatic N) is 8. The van der Waals surface area contributed by atoms with Crippen molar-refractivity contribution >= 4 is 27.2 Å². The lowest BCUT2D eigenvalue weighted by Gasteiger charge is -2.29. The molecular weight excluding hydrogens is 748 g/mol. The number of hydrogen-bond acceptors (Lipinski definition) is 7. The predicted octanol–water partition coefficient (Wildman–Crippen LogP) is 9.07. The number of rotatable bonds is 6. The summed E-state index contributed by atoms with van der Waals surface area (Å²) in [6.07, 6.45) is 16.5. The highest BCUT2D eigenvalue weighted by Crippen LogP contribution is 2.33. The summed E-state index contributed by atoms with van der Waals surface area (Å²) >= 11 is 3.46. The first kappa shape index (κ1) is 37.2. The molecular formula is C45H49BrN8O. The van der Waals surface area contributed by atoms with Gasteiger partial charge < -0.3 is 14.9 Å². The maximum absolute atomic E-state index is 10.4. The Hall–Kier alpha value is -4.74. The van der Waals surface area contributed by atoms with Crippen molar-refractivity contribution < 1.29 is 5.11 Å². The highest BCUT2D eigenvalue weighted by Gasteiger charge is 2.21. The molecule has 2 saturated heterocycles. The van der Waals surface area contributed by atoms with Gasteiger partial charge in [0, 0.05) is 41.5 Å². The third kappa shape index (κ3) is 8.28. The van der Waals surface area contributed by atoms with Crippen LogP contribution in [0, 0.1) is 0 Å².